The molecule has 0 bridgehead atoms. The number of phenols is 1. The molecule has 4 heteroatoms. The van der Waals surface area contributed by atoms with Crippen molar-refractivity contribution in [1.82, 2.24) is 4.90 Å². The van der Waals surface area contributed by atoms with Gasteiger partial charge in [-0.15, -0.1) is 0 Å². The molecule has 1 heterocycles. The van der Waals surface area contributed by atoms with Crippen molar-refractivity contribution in [3.63, 3.8) is 0 Å². The fraction of sp³-hybridized carbons (Fsp3) is 0.333. The highest BCUT2D eigenvalue weighted by Gasteiger charge is 2.18. The maximum absolute atomic E-state index is 9.50. The van der Waals surface area contributed by atoms with Gasteiger partial charge in [-0.05, 0) is 35.7 Å². The maximum atomic E-state index is 9.50. The van der Waals surface area contributed by atoms with E-state index in [9.17, 15) is 5.11 Å². The van der Waals surface area contributed by atoms with Crippen molar-refractivity contribution in [3.05, 3.63) is 53.1 Å². The van der Waals surface area contributed by atoms with Crippen LogP contribution in [-0.4, -0.2) is 36.3 Å². The van der Waals surface area contributed by atoms with E-state index in [1.54, 1.807) is 12.1 Å². The summed E-state index contributed by atoms with van der Waals surface area (Å²) in [7, 11) is 0. The molecule has 0 spiro atoms. The summed E-state index contributed by atoms with van der Waals surface area (Å²) in [5.41, 5.74) is 3.41. The topological polar surface area (TPSA) is 32.7 Å². The van der Waals surface area contributed by atoms with E-state index in [4.69, 9.17) is 16.3 Å². The Morgan fingerprint density at radius 2 is 1.68 bits per heavy atom. The highest BCUT2D eigenvalue weighted by atomic mass is 35.5. The number of hydrogen-bond acceptors (Lipinski definition) is 3. The predicted octanol–water partition coefficient (Wildman–Crippen LogP) is 4.11. The van der Waals surface area contributed by atoms with E-state index in [1.165, 1.54) is 5.56 Å². The van der Waals surface area contributed by atoms with Crippen LogP contribution in [0.15, 0.2) is 42.5 Å². The zero-order chi connectivity index (χ0) is 15.5. The van der Waals surface area contributed by atoms with Crippen molar-refractivity contribution in [2.24, 2.45) is 0 Å². The van der Waals surface area contributed by atoms with E-state index < -0.39 is 0 Å². The van der Waals surface area contributed by atoms with E-state index in [1.807, 2.05) is 6.07 Å². The lowest BCUT2D eigenvalue weighted by molar-refractivity contribution is 0.0198. The summed E-state index contributed by atoms with van der Waals surface area (Å²) in [6.45, 7) is 5.83. The average Bonchev–Trinajstić information content (AvgIpc) is 2.58. The van der Waals surface area contributed by atoms with Gasteiger partial charge in [-0.1, -0.05) is 41.9 Å². The van der Waals surface area contributed by atoms with Gasteiger partial charge in [-0.25, -0.2) is 0 Å². The first-order chi connectivity index (χ1) is 10.6. The van der Waals surface area contributed by atoms with E-state index in [-0.39, 0.29) is 5.75 Å². The number of benzene rings is 2. The van der Waals surface area contributed by atoms with E-state index in [0.717, 1.165) is 37.4 Å². The van der Waals surface area contributed by atoms with Gasteiger partial charge in [-0.3, -0.25) is 4.90 Å². The van der Waals surface area contributed by atoms with E-state index in [0.29, 0.717) is 11.1 Å². The van der Waals surface area contributed by atoms with Crippen LogP contribution in [0.4, 0.5) is 0 Å². The first-order valence-electron chi connectivity index (χ1n) is 7.56. The molecule has 0 aromatic heterocycles. The number of rotatable bonds is 3. The highest BCUT2D eigenvalue weighted by Crippen LogP contribution is 2.30. The van der Waals surface area contributed by atoms with Crippen LogP contribution in [-0.2, 0) is 4.74 Å². The Morgan fingerprint density at radius 1 is 1.05 bits per heavy atom. The molecule has 0 radical (unpaired) electrons. The third-order valence-corrected chi connectivity index (χ3v) is 4.57. The summed E-state index contributed by atoms with van der Waals surface area (Å²) in [5.74, 6) is 0.114. The Labute approximate surface area is 136 Å². The van der Waals surface area contributed by atoms with Gasteiger partial charge >= 0.3 is 0 Å². The Balaban J connectivity index is 1.78. The van der Waals surface area contributed by atoms with Crippen molar-refractivity contribution in [1.29, 1.82) is 0 Å². The number of phenolic OH excluding ortho intramolecular Hbond substituents is 1. The summed E-state index contributed by atoms with van der Waals surface area (Å²) < 4.78 is 5.41. The van der Waals surface area contributed by atoms with Gasteiger partial charge < -0.3 is 9.84 Å². The normalized spacial score (nSPS) is 17.4. The van der Waals surface area contributed by atoms with Gasteiger partial charge in [0, 0.05) is 19.1 Å². The zero-order valence-electron chi connectivity index (χ0n) is 12.6. The minimum atomic E-state index is 0.114. The molecule has 1 N–H and O–H groups in total. The standard InChI is InChI=1S/C18H20ClNO2/c1-13(20-8-10-22-11-9-20)14-2-4-15(5-3-14)16-6-7-18(21)17(19)12-16/h2-7,12-13,21H,8-11H2,1H3/t13-/m0/s1. The van der Waals surface area contributed by atoms with E-state index in [2.05, 4.69) is 36.1 Å². The molecule has 3 rings (SSSR count). The van der Waals surface area contributed by atoms with Gasteiger partial charge in [-0.2, -0.15) is 0 Å². The first-order valence-corrected chi connectivity index (χ1v) is 7.93. The second-order valence-corrected chi connectivity index (χ2v) is 6.02. The number of ether oxygens (including phenoxy) is 1. The van der Waals surface area contributed by atoms with Crippen LogP contribution in [0, 0.1) is 0 Å². The minimum Gasteiger partial charge on any atom is -0.506 e. The van der Waals surface area contributed by atoms with Crippen molar-refractivity contribution in [2.45, 2.75) is 13.0 Å². The summed E-state index contributed by atoms with van der Waals surface area (Å²) in [6, 6.07) is 14.2. The lowest BCUT2D eigenvalue weighted by atomic mass is 10.0. The van der Waals surface area contributed by atoms with Crippen LogP contribution in [0.3, 0.4) is 0 Å². The second kappa shape index (κ2) is 6.69. The lowest BCUT2D eigenvalue weighted by Crippen LogP contribution is -2.37. The van der Waals surface area contributed by atoms with Crippen LogP contribution in [0.1, 0.15) is 18.5 Å². The van der Waals surface area contributed by atoms with Gasteiger partial charge in [0.2, 0.25) is 0 Å². The maximum Gasteiger partial charge on any atom is 0.134 e. The lowest BCUT2D eigenvalue weighted by Gasteiger charge is -2.32. The SMILES string of the molecule is C[C@@H](c1ccc(-c2ccc(O)c(Cl)c2)cc1)N1CCOCC1. The number of morpholine rings is 1. The molecule has 1 aliphatic heterocycles. The van der Waals surface area contributed by atoms with Gasteiger partial charge in [0.25, 0.3) is 0 Å². The molecule has 0 unspecified atom stereocenters. The molecule has 1 fully saturated rings. The number of aromatic hydroxyl groups is 1. The number of halogens is 1. The average molecular weight is 318 g/mol. The monoisotopic (exact) mass is 317 g/mol. The smallest absolute Gasteiger partial charge is 0.134 e. The molecule has 1 atom stereocenters. The highest BCUT2D eigenvalue weighted by molar-refractivity contribution is 6.32. The van der Waals surface area contributed by atoms with Gasteiger partial charge in [0.1, 0.15) is 5.75 Å². The summed E-state index contributed by atoms with van der Waals surface area (Å²) in [5, 5.41) is 9.88. The quantitative estimate of drug-likeness (QED) is 0.925. The second-order valence-electron chi connectivity index (χ2n) is 5.61. The molecule has 0 amide bonds. The molecule has 2 aromatic carbocycles. The minimum absolute atomic E-state index is 0.114. The van der Waals surface area contributed by atoms with Crippen LogP contribution >= 0.6 is 11.6 Å². The Morgan fingerprint density at radius 3 is 2.32 bits per heavy atom. The molecule has 22 heavy (non-hydrogen) atoms. The molecule has 0 aliphatic carbocycles. The fourth-order valence-electron chi connectivity index (χ4n) is 2.82. The third-order valence-electron chi connectivity index (χ3n) is 4.27. The van der Waals surface area contributed by atoms with Crippen LogP contribution < -0.4 is 0 Å². The molecule has 3 nitrogen and oxygen atoms in total. The molecular weight excluding hydrogens is 298 g/mol. The summed E-state index contributed by atoms with van der Waals surface area (Å²) in [4.78, 5) is 2.44. The zero-order valence-corrected chi connectivity index (χ0v) is 13.4. The third kappa shape index (κ3) is 3.27. The molecule has 2 aromatic rings. The molecule has 1 saturated heterocycles. The van der Waals surface area contributed by atoms with Crippen molar-refractivity contribution in [2.75, 3.05) is 26.3 Å². The number of hydrogen-bond donors (Lipinski definition) is 1. The van der Waals surface area contributed by atoms with Crippen molar-refractivity contribution < 1.29 is 9.84 Å². The van der Waals surface area contributed by atoms with Crippen LogP contribution in [0.25, 0.3) is 11.1 Å². The van der Waals surface area contributed by atoms with E-state index >= 15 is 0 Å². The van der Waals surface area contributed by atoms with Crippen LogP contribution in [0.2, 0.25) is 5.02 Å². The molecule has 1 aliphatic rings. The molecular formula is C18H20ClNO2. The molecule has 0 saturated carbocycles. The largest absolute Gasteiger partial charge is 0.506 e. The van der Waals surface area contributed by atoms with Crippen molar-refractivity contribution >= 4 is 11.6 Å². The van der Waals surface area contributed by atoms with Crippen molar-refractivity contribution in [3.8, 4) is 16.9 Å². The predicted molar refractivity (Wildman–Crippen MR) is 89.4 cm³/mol. The Kier molecular flexibility index (Phi) is 4.67. The summed E-state index contributed by atoms with van der Waals surface area (Å²) in [6.07, 6.45) is 0. The number of nitrogens with zero attached hydrogens (tertiary/aromatic N) is 1. The first kappa shape index (κ1) is 15.3. The Hall–Kier alpha value is -1.55. The van der Waals surface area contributed by atoms with Gasteiger partial charge in [0.05, 0.1) is 18.2 Å². The fourth-order valence-corrected chi connectivity index (χ4v) is 3.00. The summed E-state index contributed by atoms with van der Waals surface area (Å²) >= 11 is 5.98. The Bertz CT molecular complexity index is 636. The van der Waals surface area contributed by atoms with Gasteiger partial charge in [0.15, 0.2) is 0 Å². The molecule has 116 valence electrons. The van der Waals surface area contributed by atoms with Crippen LogP contribution in [0.5, 0.6) is 5.75 Å².